The van der Waals surface area contributed by atoms with Gasteiger partial charge in [-0.2, -0.15) is 15.5 Å². The largest absolute Gasteiger partial charge is 0.336 e. The van der Waals surface area contributed by atoms with Crippen LogP contribution in [0.4, 0.5) is 0 Å². The summed E-state index contributed by atoms with van der Waals surface area (Å²) in [5, 5.41) is 18.7. The highest BCUT2D eigenvalue weighted by molar-refractivity contribution is 5.94. The number of amides is 1. The van der Waals surface area contributed by atoms with Gasteiger partial charge in [0.25, 0.3) is 5.91 Å². The lowest BCUT2D eigenvalue weighted by Gasteiger charge is -2.09. The number of rotatable bonds is 3. The second-order valence-corrected chi connectivity index (χ2v) is 3.55. The Bertz CT molecular complexity index is 394. The molecule has 1 fully saturated rings. The molecule has 1 saturated carbocycles. The topological polar surface area (TPSA) is 78.7 Å². The first-order valence-corrected chi connectivity index (χ1v) is 4.78. The number of carbonyl (C=O) groups excluding carboxylic acids is 1. The number of nitrogens with one attached hydrogen (secondary N) is 1. The predicted octanol–water partition coefficient (Wildman–Crippen LogP) is 0.509. The van der Waals surface area contributed by atoms with Crippen LogP contribution in [0.25, 0.3) is 0 Å². The molecule has 1 atom stereocenters. The van der Waals surface area contributed by atoms with Gasteiger partial charge in [-0.1, -0.05) is 0 Å². The molecule has 0 aromatic carbocycles. The first-order chi connectivity index (χ1) is 7.31. The Morgan fingerprint density at radius 3 is 2.93 bits per heavy atom. The zero-order valence-electron chi connectivity index (χ0n) is 8.05. The van der Waals surface area contributed by atoms with Crippen molar-refractivity contribution in [3.8, 4) is 6.07 Å². The molecule has 5 nitrogen and oxygen atoms in total. The van der Waals surface area contributed by atoms with Gasteiger partial charge >= 0.3 is 0 Å². The molecule has 1 N–H and O–H groups in total. The van der Waals surface area contributed by atoms with Crippen molar-refractivity contribution < 1.29 is 4.79 Å². The smallest absolute Gasteiger partial charge is 0.254 e. The van der Waals surface area contributed by atoms with E-state index in [-0.39, 0.29) is 11.9 Å². The third-order valence-corrected chi connectivity index (χ3v) is 2.37. The first-order valence-electron chi connectivity index (χ1n) is 4.78. The molecule has 15 heavy (non-hydrogen) atoms. The zero-order chi connectivity index (χ0) is 10.7. The summed E-state index contributed by atoms with van der Waals surface area (Å²) in [6.07, 6.45) is 4.88. The molecule has 0 saturated heterocycles. The number of carbonyl (C=O) groups is 1. The van der Waals surface area contributed by atoms with Crippen LogP contribution in [-0.2, 0) is 0 Å². The molecular formula is C10H10N4O. The first kappa shape index (κ1) is 9.59. The highest BCUT2D eigenvalue weighted by atomic mass is 16.1. The summed E-state index contributed by atoms with van der Waals surface area (Å²) in [6, 6.07) is 3.30. The number of hydrogen-bond acceptors (Lipinski definition) is 4. The van der Waals surface area contributed by atoms with Crippen LogP contribution in [0.3, 0.4) is 0 Å². The Kier molecular flexibility index (Phi) is 2.59. The van der Waals surface area contributed by atoms with E-state index in [0.29, 0.717) is 11.5 Å². The van der Waals surface area contributed by atoms with E-state index in [1.165, 1.54) is 12.4 Å². The molecule has 0 aliphatic heterocycles. The van der Waals surface area contributed by atoms with Crippen molar-refractivity contribution in [3.05, 3.63) is 24.0 Å². The molecule has 0 spiro atoms. The van der Waals surface area contributed by atoms with Gasteiger partial charge in [0.15, 0.2) is 0 Å². The summed E-state index contributed by atoms with van der Waals surface area (Å²) < 4.78 is 0. The maximum atomic E-state index is 11.6. The van der Waals surface area contributed by atoms with Crippen molar-refractivity contribution >= 4 is 5.91 Å². The van der Waals surface area contributed by atoms with E-state index in [9.17, 15) is 4.79 Å². The van der Waals surface area contributed by atoms with Crippen LogP contribution in [0, 0.1) is 17.2 Å². The van der Waals surface area contributed by atoms with Gasteiger partial charge < -0.3 is 5.32 Å². The average Bonchev–Trinajstić information content (AvgIpc) is 3.10. The monoisotopic (exact) mass is 202 g/mol. The summed E-state index contributed by atoms with van der Waals surface area (Å²) in [6.45, 7) is 0. The van der Waals surface area contributed by atoms with Gasteiger partial charge in [0.2, 0.25) is 0 Å². The van der Waals surface area contributed by atoms with Crippen molar-refractivity contribution in [1.82, 2.24) is 15.5 Å². The van der Waals surface area contributed by atoms with E-state index in [1.54, 1.807) is 6.07 Å². The number of nitriles is 1. The van der Waals surface area contributed by atoms with E-state index in [2.05, 4.69) is 21.6 Å². The van der Waals surface area contributed by atoms with Crippen LogP contribution in [0.5, 0.6) is 0 Å². The maximum Gasteiger partial charge on any atom is 0.254 e. The Balaban J connectivity index is 2.00. The molecule has 1 aromatic rings. The van der Waals surface area contributed by atoms with Crippen LogP contribution < -0.4 is 5.32 Å². The summed E-state index contributed by atoms with van der Waals surface area (Å²) in [7, 11) is 0. The Labute approximate surface area is 87.1 Å². The standard InChI is InChI=1S/C10H10N4O/c11-5-9(7-1-2-7)14-10(15)8-3-4-12-13-6-8/h3-4,6-7,9H,1-2H2,(H,14,15). The summed E-state index contributed by atoms with van der Waals surface area (Å²) >= 11 is 0. The van der Waals surface area contributed by atoms with Gasteiger partial charge in [-0.25, -0.2) is 0 Å². The van der Waals surface area contributed by atoms with Crippen molar-refractivity contribution in [1.29, 1.82) is 5.26 Å². The molecule has 2 rings (SSSR count). The van der Waals surface area contributed by atoms with Gasteiger partial charge in [0, 0.05) is 0 Å². The van der Waals surface area contributed by atoms with Crippen molar-refractivity contribution in [2.24, 2.45) is 5.92 Å². The normalized spacial score (nSPS) is 16.5. The number of hydrogen-bond donors (Lipinski definition) is 1. The molecule has 1 aromatic heterocycles. The third kappa shape index (κ3) is 2.29. The molecule has 76 valence electrons. The fourth-order valence-electron chi connectivity index (χ4n) is 1.33. The molecule has 0 radical (unpaired) electrons. The van der Waals surface area contributed by atoms with Crippen molar-refractivity contribution in [3.63, 3.8) is 0 Å². The van der Waals surface area contributed by atoms with E-state index in [1.807, 2.05) is 0 Å². The Morgan fingerprint density at radius 2 is 2.40 bits per heavy atom. The van der Waals surface area contributed by atoms with Gasteiger partial charge in [-0.05, 0) is 24.8 Å². The lowest BCUT2D eigenvalue weighted by Crippen LogP contribution is -2.35. The average molecular weight is 202 g/mol. The van der Waals surface area contributed by atoms with E-state index >= 15 is 0 Å². The lowest BCUT2D eigenvalue weighted by atomic mass is 10.2. The molecular weight excluding hydrogens is 192 g/mol. The van der Waals surface area contributed by atoms with E-state index < -0.39 is 0 Å². The maximum absolute atomic E-state index is 11.6. The molecule has 1 aliphatic carbocycles. The minimum Gasteiger partial charge on any atom is -0.336 e. The Morgan fingerprint density at radius 1 is 1.60 bits per heavy atom. The molecule has 1 amide bonds. The quantitative estimate of drug-likeness (QED) is 0.774. The number of nitrogens with zero attached hydrogens (tertiary/aromatic N) is 3. The minimum absolute atomic E-state index is 0.261. The fraction of sp³-hybridized carbons (Fsp3) is 0.400. The molecule has 1 heterocycles. The second kappa shape index (κ2) is 4.05. The van der Waals surface area contributed by atoms with Crippen LogP contribution in [0.1, 0.15) is 23.2 Å². The highest BCUT2D eigenvalue weighted by Crippen LogP contribution is 2.32. The predicted molar refractivity (Wildman–Crippen MR) is 51.6 cm³/mol. The highest BCUT2D eigenvalue weighted by Gasteiger charge is 2.32. The zero-order valence-corrected chi connectivity index (χ0v) is 8.05. The van der Waals surface area contributed by atoms with E-state index in [4.69, 9.17) is 5.26 Å². The fourth-order valence-corrected chi connectivity index (χ4v) is 1.33. The number of aromatic nitrogens is 2. The molecule has 1 aliphatic rings. The third-order valence-electron chi connectivity index (χ3n) is 2.37. The van der Waals surface area contributed by atoms with Crippen LogP contribution in [0.15, 0.2) is 18.5 Å². The van der Waals surface area contributed by atoms with Crippen molar-refractivity contribution in [2.45, 2.75) is 18.9 Å². The van der Waals surface area contributed by atoms with Crippen LogP contribution in [0.2, 0.25) is 0 Å². The minimum atomic E-state index is -0.370. The SMILES string of the molecule is N#CC(NC(=O)c1ccnnc1)C1CC1. The molecule has 0 bridgehead atoms. The lowest BCUT2D eigenvalue weighted by molar-refractivity contribution is 0.0941. The molecule has 5 heteroatoms. The van der Waals surface area contributed by atoms with Crippen LogP contribution in [-0.4, -0.2) is 22.1 Å². The van der Waals surface area contributed by atoms with Crippen molar-refractivity contribution in [2.75, 3.05) is 0 Å². The molecule has 1 unspecified atom stereocenters. The van der Waals surface area contributed by atoms with Gasteiger partial charge in [0.1, 0.15) is 6.04 Å². The summed E-state index contributed by atoms with van der Waals surface area (Å²) in [5.41, 5.74) is 0.436. The van der Waals surface area contributed by atoms with E-state index in [0.717, 1.165) is 12.8 Å². The summed E-state index contributed by atoms with van der Waals surface area (Å²) in [4.78, 5) is 11.6. The second-order valence-electron chi connectivity index (χ2n) is 3.55. The van der Waals surface area contributed by atoms with Crippen LogP contribution >= 0.6 is 0 Å². The Hall–Kier alpha value is -1.96. The van der Waals surface area contributed by atoms with Gasteiger partial charge in [0.05, 0.1) is 24.0 Å². The summed E-state index contributed by atoms with van der Waals surface area (Å²) in [5.74, 6) is 0.0668. The van der Waals surface area contributed by atoms with Gasteiger partial charge in [-0.15, -0.1) is 0 Å². The van der Waals surface area contributed by atoms with Gasteiger partial charge in [-0.3, -0.25) is 4.79 Å².